The molecule has 0 spiro atoms. The number of nitrogens with zero attached hydrogens (tertiary/aromatic N) is 2. The summed E-state index contributed by atoms with van der Waals surface area (Å²) in [6, 6.07) is 8.92. The molecule has 158 valence electrons. The zero-order valence-electron chi connectivity index (χ0n) is 17.7. The molecule has 1 heterocycles. The standard InChI is InChI=1S/C24H35N3O2/c1-18(28)19-6-10-21(11-7-19)25-22-12-8-20(9-13-22)24(29)27-16-14-26(15-17-27)23-4-2-3-5-23/h6-7,10-11,20,22-23,25H,2-5,8-9,12-17H2,1H3. The van der Waals surface area contributed by atoms with Crippen LogP contribution in [0.25, 0.3) is 0 Å². The topological polar surface area (TPSA) is 52.7 Å². The van der Waals surface area contributed by atoms with Crippen LogP contribution in [0.2, 0.25) is 0 Å². The van der Waals surface area contributed by atoms with Gasteiger partial charge in [-0.05, 0) is 69.7 Å². The van der Waals surface area contributed by atoms with Crippen molar-refractivity contribution in [1.29, 1.82) is 0 Å². The van der Waals surface area contributed by atoms with Gasteiger partial charge in [0, 0.05) is 55.4 Å². The second-order valence-electron chi connectivity index (χ2n) is 9.13. The van der Waals surface area contributed by atoms with Gasteiger partial charge in [-0.1, -0.05) is 12.8 Å². The smallest absolute Gasteiger partial charge is 0.225 e. The fourth-order valence-corrected chi connectivity index (χ4v) is 5.36. The van der Waals surface area contributed by atoms with Gasteiger partial charge in [0.2, 0.25) is 5.91 Å². The Morgan fingerprint density at radius 1 is 0.862 bits per heavy atom. The highest BCUT2D eigenvalue weighted by atomic mass is 16.2. The van der Waals surface area contributed by atoms with Gasteiger partial charge >= 0.3 is 0 Å². The molecular formula is C24H35N3O2. The van der Waals surface area contributed by atoms with Gasteiger partial charge < -0.3 is 10.2 Å². The van der Waals surface area contributed by atoms with Gasteiger partial charge in [0.25, 0.3) is 0 Å². The monoisotopic (exact) mass is 397 g/mol. The lowest BCUT2D eigenvalue weighted by Crippen LogP contribution is -2.53. The molecule has 0 radical (unpaired) electrons. The summed E-state index contributed by atoms with van der Waals surface area (Å²) in [6.45, 7) is 5.54. The fourth-order valence-electron chi connectivity index (χ4n) is 5.36. The third-order valence-electron chi connectivity index (χ3n) is 7.21. The van der Waals surface area contributed by atoms with Gasteiger partial charge in [0.1, 0.15) is 0 Å². The van der Waals surface area contributed by atoms with Gasteiger partial charge in [0.15, 0.2) is 5.78 Å². The van der Waals surface area contributed by atoms with E-state index >= 15 is 0 Å². The van der Waals surface area contributed by atoms with Crippen molar-refractivity contribution in [1.82, 2.24) is 9.80 Å². The Bertz CT molecular complexity index is 695. The minimum Gasteiger partial charge on any atom is -0.382 e. The van der Waals surface area contributed by atoms with E-state index in [1.807, 2.05) is 24.3 Å². The third-order valence-corrected chi connectivity index (χ3v) is 7.21. The van der Waals surface area contributed by atoms with E-state index in [2.05, 4.69) is 15.1 Å². The molecule has 1 aromatic rings. The van der Waals surface area contributed by atoms with E-state index in [0.717, 1.165) is 69.2 Å². The molecule has 0 aromatic heterocycles. The Balaban J connectivity index is 1.21. The molecule has 0 bridgehead atoms. The van der Waals surface area contributed by atoms with Crippen LogP contribution in [0.3, 0.4) is 0 Å². The van der Waals surface area contributed by atoms with Crippen LogP contribution in [-0.2, 0) is 4.79 Å². The minimum atomic E-state index is 0.0969. The summed E-state index contributed by atoms with van der Waals surface area (Å²) >= 11 is 0. The van der Waals surface area contributed by atoms with E-state index in [4.69, 9.17) is 0 Å². The number of nitrogens with one attached hydrogen (secondary N) is 1. The van der Waals surface area contributed by atoms with Crippen LogP contribution in [0.1, 0.15) is 68.6 Å². The molecule has 5 nitrogen and oxygen atoms in total. The van der Waals surface area contributed by atoms with Crippen LogP contribution < -0.4 is 5.32 Å². The van der Waals surface area contributed by atoms with Crippen molar-refractivity contribution in [2.24, 2.45) is 5.92 Å². The lowest BCUT2D eigenvalue weighted by Gasteiger charge is -2.40. The molecule has 1 saturated heterocycles. The summed E-state index contributed by atoms with van der Waals surface area (Å²) in [7, 11) is 0. The van der Waals surface area contributed by atoms with Gasteiger partial charge in [-0.25, -0.2) is 0 Å². The number of hydrogen-bond donors (Lipinski definition) is 1. The van der Waals surface area contributed by atoms with Crippen LogP contribution >= 0.6 is 0 Å². The Hall–Kier alpha value is -1.88. The average molecular weight is 398 g/mol. The van der Waals surface area contributed by atoms with Gasteiger partial charge in [-0.15, -0.1) is 0 Å². The molecule has 3 fully saturated rings. The molecule has 0 unspecified atom stereocenters. The zero-order valence-corrected chi connectivity index (χ0v) is 17.7. The van der Waals surface area contributed by atoms with Crippen molar-refractivity contribution >= 4 is 17.4 Å². The van der Waals surface area contributed by atoms with Crippen LogP contribution in [0, 0.1) is 5.92 Å². The van der Waals surface area contributed by atoms with Gasteiger partial charge in [-0.3, -0.25) is 14.5 Å². The Labute approximate surface area is 174 Å². The summed E-state index contributed by atoms with van der Waals surface area (Å²) in [5.74, 6) is 0.686. The molecule has 3 aliphatic rings. The number of rotatable bonds is 5. The number of anilines is 1. The number of ketones is 1. The first-order chi connectivity index (χ1) is 14.1. The molecule has 2 saturated carbocycles. The van der Waals surface area contributed by atoms with Gasteiger partial charge in [-0.2, -0.15) is 0 Å². The predicted octanol–water partition coefficient (Wildman–Crippen LogP) is 3.95. The van der Waals surface area contributed by atoms with Crippen LogP contribution in [0.4, 0.5) is 5.69 Å². The first-order valence-corrected chi connectivity index (χ1v) is 11.5. The maximum atomic E-state index is 13.0. The number of hydrogen-bond acceptors (Lipinski definition) is 4. The molecule has 5 heteroatoms. The third kappa shape index (κ3) is 5.00. The number of amides is 1. The molecule has 0 atom stereocenters. The normalized spacial score (nSPS) is 26.4. The lowest BCUT2D eigenvalue weighted by molar-refractivity contribution is -0.138. The van der Waals surface area contributed by atoms with E-state index < -0.39 is 0 Å². The Morgan fingerprint density at radius 3 is 2.07 bits per heavy atom. The fraction of sp³-hybridized carbons (Fsp3) is 0.667. The van der Waals surface area contributed by atoms with Crippen molar-refractivity contribution in [2.75, 3.05) is 31.5 Å². The van der Waals surface area contributed by atoms with E-state index in [0.29, 0.717) is 11.9 Å². The Kier molecular flexibility index (Phi) is 6.53. The minimum absolute atomic E-state index is 0.0969. The van der Waals surface area contributed by atoms with E-state index in [1.54, 1.807) is 6.92 Å². The summed E-state index contributed by atoms with van der Waals surface area (Å²) in [6.07, 6.45) is 9.48. The SMILES string of the molecule is CC(=O)c1ccc(NC2CCC(C(=O)N3CCN(C4CCCC4)CC3)CC2)cc1. The van der Waals surface area contributed by atoms with Crippen LogP contribution in [-0.4, -0.2) is 59.8 Å². The number of Topliss-reactive ketones (excluding diaryl/α,β-unsaturated/α-hetero) is 1. The lowest BCUT2D eigenvalue weighted by atomic mass is 9.85. The molecule has 1 aliphatic heterocycles. The maximum Gasteiger partial charge on any atom is 0.225 e. The Morgan fingerprint density at radius 2 is 1.48 bits per heavy atom. The second kappa shape index (κ2) is 9.29. The first kappa shape index (κ1) is 20.4. The molecule has 4 rings (SSSR count). The average Bonchev–Trinajstić information content (AvgIpc) is 3.29. The molecule has 1 N–H and O–H groups in total. The van der Waals surface area contributed by atoms with Crippen molar-refractivity contribution in [3.8, 4) is 0 Å². The summed E-state index contributed by atoms with van der Waals surface area (Å²) in [5, 5.41) is 3.58. The van der Waals surface area contributed by atoms with E-state index in [1.165, 1.54) is 25.7 Å². The number of carbonyl (C=O) groups excluding carboxylic acids is 2. The molecule has 1 aromatic carbocycles. The number of benzene rings is 1. The van der Waals surface area contributed by atoms with Crippen molar-refractivity contribution < 1.29 is 9.59 Å². The highest BCUT2D eigenvalue weighted by Gasteiger charge is 2.32. The van der Waals surface area contributed by atoms with Gasteiger partial charge in [0.05, 0.1) is 0 Å². The second-order valence-corrected chi connectivity index (χ2v) is 9.13. The molecule has 29 heavy (non-hydrogen) atoms. The predicted molar refractivity (Wildman–Crippen MR) is 116 cm³/mol. The molecular weight excluding hydrogens is 362 g/mol. The highest BCUT2D eigenvalue weighted by Crippen LogP contribution is 2.29. The largest absolute Gasteiger partial charge is 0.382 e. The summed E-state index contributed by atoms with van der Waals surface area (Å²) in [5.41, 5.74) is 1.81. The van der Waals surface area contributed by atoms with Crippen molar-refractivity contribution in [3.05, 3.63) is 29.8 Å². The van der Waals surface area contributed by atoms with E-state index in [9.17, 15) is 9.59 Å². The van der Waals surface area contributed by atoms with Crippen molar-refractivity contribution in [2.45, 2.75) is 70.4 Å². The molecule has 1 amide bonds. The van der Waals surface area contributed by atoms with E-state index in [-0.39, 0.29) is 11.7 Å². The zero-order chi connectivity index (χ0) is 20.2. The van der Waals surface area contributed by atoms with Crippen LogP contribution in [0.5, 0.6) is 0 Å². The van der Waals surface area contributed by atoms with Crippen molar-refractivity contribution in [3.63, 3.8) is 0 Å². The first-order valence-electron chi connectivity index (χ1n) is 11.5. The summed E-state index contributed by atoms with van der Waals surface area (Å²) < 4.78 is 0. The van der Waals surface area contributed by atoms with Crippen LogP contribution in [0.15, 0.2) is 24.3 Å². The maximum absolute atomic E-state index is 13.0. The highest BCUT2D eigenvalue weighted by molar-refractivity contribution is 5.94. The molecule has 2 aliphatic carbocycles. The number of carbonyl (C=O) groups is 2. The summed E-state index contributed by atoms with van der Waals surface area (Å²) in [4.78, 5) is 29.2. The quantitative estimate of drug-likeness (QED) is 0.765. The number of piperazine rings is 1.